The Balaban J connectivity index is 1.58. The molecule has 4 rings (SSSR count). The molecule has 1 atom stereocenters. The van der Waals surface area contributed by atoms with Crippen molar-refractivity contribution < 1.29 is 22.7 Å². The van der Waals surface area contributed by atoms with Crippen LogP contribution in [0.3, 0.4) is 0 Å². The van der Waals surface area contributed by atoms with E-state index in [1.54, 1.807) is 36.3 Å². The number of rotatable bonds is 14. The third-order valence-electron chi connectivity index (χ3n) is 8.34. The molecule has 2 amide bonds. The SMILES string of the molecule is COc1ccc(N(CCCC(=O)N(Cc2ccccc2C)C(Cc2ccccc2)C(=O)NC2CCCCC2)S(C)(=O)=O)cc1. The molecule has 0 spiro atoms. The van der Waals surface area contributed by atoms with E-state index in [4.69, 9.17) is 4.74 Å². The minimum atomic E-state index is -3.59. The zero-order chi connectivity index (χ0) is 31.5. The molecule has 0 saturated heterocycles. The lowest BCUT2D eigenvalue weighted by Gasteiger charge is -2.34. The van der Waals surface area contributed by atoms with Crippen molar-refractivity contribution in [3.05, 3.63) is 95.6 Å². The summed E-state index contributed by atoms with van der Waals surface area (Å²) >= 11 is 0. The first kappa shape index (κ1) is 33.1. The second-order valence-electron chi connectivity index (χ2n) is 11.6. The van der Waals surface area contributed by atoms with Crippen LogP contribution in [0.2, 0.25) is 0 Å². The Hall–Kier alpha value is -3.85. The molecule has 1 N–H and O–H groups in total. The number of benzene rings is 3. The number of aryl methyl sites for hydroxylation is 1. The molecular formula is C35H45N3O5S. The largest absolute Gasteiger partial charge is 0.497 e. The van der Waals surface area contributed by atoms with Gasteiger partial charge in [-0.2, -0.15) is 0 Å². The molecule has 3 aromatic rings. The van der Waals surface area contributed by atoms with E-state index < -0.39 is 16.1 Å². The van der Waals surface area contributed by atoms with Crippen LogP contribution >= 0.6 is 0 Å². The highest BCUT2D eigenvalue weighted by molar-refractivity contribution is 7.92. The van der Waals surface area contributed by atoms with Crippen molar-refractivity contribution >= 4 is 27.5 Å². The van der Waals surface area contributed by atoms with Crippen LogP contribution in [0, 0.1) is 6.92 Å². The molecule has 1 aliphatic carbocycles. The Morgan fingerprint density at radius 3 is 2.23 bits per heavy atom. The fourth-order valence-electron chi connectivity index (χ4n) is 5.82. The Labute approximate surface area is 262 Å². The Morgan fingerprint density at radius 1 is 0.932 bits per heavy atom. The van der Waals surface area contributed by atoms with E-state index >= 15 is 0 Å². The fourth-order valence-corrected chi connectivity index (χ4v) is 6.79. The topological polar surface area (TPSA) is 96.0 Å². The molecule has 0 heterocycles. The van der Waals surface area contributed by atoms with E-state index in [1.807, 2.05) is 61.5 Å². The molecule has 44 heavy (non-hydrogen) atoms. The minimum absolute atomic E-state index is 0.0933. The molecule has 1 unspecified atom stereocenters. The summed E-state index contributed by atoms with van der Waals surface area (Å²) in [5.41, 5.74) is 3.49. The molecular weight excluding hydrogens is 574 g/mol. The summed E-state index contributed by atoms with van der Waals surface area (Å²) in [7, 11) is -2.04. The number of hydrogen-bond donors (Lipinski definition) is 1. The van der Waals surface area contributed by atoms with Gasteiger partial charge < -0.3 is 15.0 Å². The summed E-state index contributed by atoms with van der Waals surface area (Å²) in [4.78, 5) is 29.8. The summed E-state index contributed by atoms with van der Waals surface area (Å²) < 4.78 is 31.9. The van der Waals surface area contributed by atoms with Gasteiger partial charge >= 0.3 is 0 Å². The van der Waals surface area contributed by atoms with Gasteiger partial charge in [-0.1, -0.05) is 73.9 Å². The van der Waals surface area contributed by atoms with E-state index in [1.165, 1.54) is 10.7 Å². The van der Waals surface area contributed by atoms with Gasteiger partial charge in [0, 0.05) is 32.0 Å². The maximum absolute atomic E-state index is 14.1. The molecule has 8 nitrogen and oxygen atoms in total. The molecule has 0 bridgehead atoms. The van der Waals surface area contributed by atoms with E-state index in [2.05, 4.69) is 5.32 Å². The van der Waals surface area contributed by atoms with E-state index in [0.717, 1.165) is 48.6 Å². The van der Waals surface area contributed by atoms with Crippen LogP contribution in [0.5, 0.6) is 5.75 Å². The van der Waals surface area contributed by atoms with Gasteiger partial charge in [-0.3, -0.25) is 13.9 Å². The zero-order valence-electron chi connectivity index (χ0n) is 26.1. The van der Waals surface area contributed by atoms with Crippen molar-refractivity contribution in [2.24, 2.45) is 0 Å². The van der Waals surface area contributed by atoms with Gasteiger partial charge in [-0.15, -0.1) is 0 Å². The number of amides is 2. The van der Waals surface area contributed by atoms with E-state index in [-0.39, 0.29) is 37.4 Å². The Bertz CT molecular complexity index is 1470. The molecule has 0 aliphatic heterocycles. The summed E-state index contributed by atoms with van der Waals surface area (Å²) in [6, 6.07) is 23.9. The van der Waals surface area contributed by atoms with Crippen LogP contribution in [0.1, 0.15) is 61.6 Å². The highest BCUT2D eigenvalue weighted by Crippen LogP contribution is 2.24. The minimum Gasteiger partial charge on any atom is -0.497 e. The number of nitrogens with zero attached hydrogens (tertiary/aromatic N) is 2. The van der Waals surface area contributed by atoms with E-state index in [0.29, 0.717) is 24.3 Å². The average Bonchev–Trinajstić information content (AvgIpc) is 3.02. The lowest BCUT2D eigenvalue weighted by molar-refractivity contribution is -0.141. The molecule has 3 aromatic carbocycles. The highest BCUT2D eigenvalue weighted by atomic mass is 32.2. The first-order valence-corrected chi connectivity index (χ1v) is 17.3. The lowest BCUT2D eigenvalue weighted by atomic mass is 9.94. The summed E-state index contributed by atoms with van der Waals surface area (Å²) in [6.45, 7) is 2.42. The third-order valence-corrected chi connectivity index (χ3v) is 9.53. The number of carbonyl (C=O) groups excluding carboxylic acids is 2. The number of nitrogens with one attached hydrogen (secondary N) is 1. The van der Waals surface area contributed by atoms with Crippen LogP contribution < -0.4 is 14.4 Å². The molecule has 9 heteroatoms. The molecule has 1 fully saturated rings. The summed E-state index contributed by atoms with van der Waals surface area (Å²) in [5, 5.41) is 3.27. The predicted octanol–water partition coefficient (Wildman–Crippen LogP) is 5.64. The van der Waals surface area contributed by atoms with Crippen LogP contribution in [-0.2, 0) is 32.6 Å². The standard InChI is InChI=1S/C35H45N3O5S/c1-27-13-10-11-16-29(27)26-37(33(25-28-14-6-4-7-15-28)35(40)36-30-17-8-5-9-18-30)34(39)19-12-24-38(44(3,41)42)31-20-22-32(43-2)23-21-31/h4,6-7,10-11,13-16,20-23,30,33H,5,8-9,12,17-19,24-26H2,1-3H3,(H,36,40). The van der Waals surface area contributed by atoms with Gasteiger partial charge in [-0.25, -0.2) is 8.42 Å². The number of carbonyl (C=O) groups is 2. The van der Waals surface area contributed by atoms with Crippen molar-refractivity contribution in [1.82, 2.24) is 10.2 Å². The second-order valence-corrected chi connectivity index (χ2v) is 13.5. The molecule has 236 valence electrons. The maximum Gasteiger partial charge on any atom is 0.243 e. The van der Waals surface area contributed by atoms with Crippen LogP contribution in [0.25, 0.3) is 0 Å². The zero-order valence-corrected chi connectivity index (χ0v) is 26.9. The second kappa shape index (κ2) is 15.7. The van der Waals surface area contributed by atoms with Gasteiger partial charge in [0.15, 0.2) is 0 Å². The smallest absolute Gasteiger partial charge is 0.243 e. The van der Waals surface area contributed by atoms with Gasteiger partial charge in [0.05, 0.1) is 19.1 Å². The molecule has 0 aromatic heterocycles. The van der Waals surface area contributed by atoms with Gasteiger partial charge in [0.25, 0.3) is 0 Å². The summed E-state index contributed by atoms with van der Waals surface area (Å²) in [5.74, 6) is 0.301. The molecule has 0 radical (unpaired) electrons. The maximum atomic E-state index is 14.1. The summed E-state index contributed by atoms with van der Waals surface area (Å²) in [6.07, 6.45) is 7.19. The normalized spacial score (nSPS) is 14.4. The average molecular weight is 620 g/mol. The fraction of sp³-hybridized carbons (Fsp3) is 0.429. The van der Waals surface area contributed by atoms with Gasteiger partial charge in [0.2, 0.25) is 21.8 Å². The number of hydrogen-bond acceptors (Lipinski definition) is 5. The molecule has 1 aliphatic rings. The number of anilines is 1. The lowest BCUT2D eigenvalue weighted by Crippen LogP contribution is -2.53. The number of ether oxygens (including phenoxy) is 1. The van der Waals surface area contributed by atoms with Crippen molar-refractivity contribution in [2.45, 2.75) is 76.9 Å². The Kier molecular flexibility index (Phi) is 11.8. The van der Waals surface area contributed by atoms with Gasteiger partial charge in [0.1, 0.15) is 11.8 Å². The molecule has 1 saturated carbocycles. The van der Waals surface area contributed by atoms with Crippen LogP contribution in [0.15, 0.2) is 78.9 Å². The van der Waals surface area contributed by atoms with Crippen molar-refractivity contribution in [3.63, 3.8) is 0 Å². The number of methoxy groups -OCH3 is 1. The predicted molar refractivity (Wildman–Crippen MR) is 175 cm³/mol. The Morgan fingerprint density at radius 2 is 1.59 bits per heavy atom. The highest BCUT2D eigenvalue weighted by Gasteiger charge is 2.32. The van der Waals surface area contributed by atoms with Gasteiger partial charge in [-0.05, 0) is 67.1 Å². The van der Waals surface area contributed by atoms with Crippen LogP contribution in [0.4, 0.5) is 5.69 Å². The number of sulfonamides is 1. The monoisotopic (exact) mass is 619 g/mol. The van der Waals surface area contributed by atoms with Crippen molar-refractivity contribution in [3.8, 4) is 5.75 Å². The first-order chi connectivity index (χ1) is 21.2. The third kappa shape index (κ3) is 9.32. The van der Waals surface area contributed by atoms with Crippen molar-refractivity contribution in [2.75, 3.05) is 24.2 Å². The van der Waals surface area contributed by atoms with Crippen LogP contribution in [-0.4, -0.2) is 57.1 Å². The van der Waals surface area contributed by atoms with E-state index in [9.17, 15) is 18.0 Å². The first-order valence-electron chi connectivity index (χ1n) is 15.5. The quantitative estimate of drug-likeness (QED) is 0.252. The van der Waals surface area contributed by atoms with Crippen molar-refractivity contribution in [1.29, 1.82) is 0 Å².